The molecule has 2 fully saturated rings. The molecule has 0 N–H and O–H groups in total. The Morgan fingerprint density at radius 2 is 1.88 bits per heavy atom. The quantitative estimate of drug-likeness (QED) is 0.596. The molecule has 0 aliphatic carbocycles. The number of likely N-dealkylation sites (tertiary alicyclic amines) is 1. The number of aromatic nitrogens is 1. The van der Waals surface area contributed by atoms with Crippen molar-refractivity contribution in [1.29, 1.82) is 0 Å². The van der Waals surface area contributed by atoms with Crippen LogP contribution in [0.25, 0.3) is 16.5 Å². The number of pyridine rings is 1. The molecule has 3 aromatic rings. The topological polar surface area (TPSA) is 71.9 Å². The van der Waals surface area contributed by atoms with E-state index in [1.165, 1.54) is 5.57 Å². The van der Waals surface area contributed by atoms with E-state index in [0.29, 0.717) is 13.1 Å². The smallest absolute Gasteiger partial charge is 0.156 e. The minimum atomic E-state index is -2.87. The summed E-state index contributed by atoms with van der Waals surface area (Å²) in [7, 11) is -2.87. The van der Waals surface area contributed by atoms with Gasteiger partial charge in [-0.15, -0.1) is 0 Å². The summed E-state index contributed by atoms with van der Waals surface area (Å²) in [5.41, 5.74) is 4.26. The highest BCUT2D eigenvalue weighted by atomic mass is 32.2. The molecule has 4 heterocycles. The summed E-state index contributed by atoms with van der Waals surface area (Å²) in [5.74, 6) is 1.85. The summed E-state index contributed by atoms with van der Waals surface area (Å²) < 4.78 is 30.0. The molecular weight excluding hydrogens is 422 g/mol. The van der Waals surface area contributed by atoms with Crippen LogP contribution in [0.2, 0.25) is 0 Å². The third-order valence-corrected chi connectivity index (χ3v) is 8.82. The van der Waals surface area contributed by atoms with Gasteiger partial charge in [-0.1, -0.05) is 18.2 Å². The Morgan fingerprint density at radius 1 is 1.03 bits per heavy atom. The first kappa shape index (κ1) is 19.6. The number of sulfone groups is 1. The zero-order chi connectivity index (χ0) is 21.7. The van der Waals surface area contributed by atoms with Gasteiger partial charge in [-0.2, -0.15) is 0 Å². The van der Waals surface area contributed by atoms with Crippen molar-refractivity contribution in [3.63, 3.8) is 0 Å². The van der Waals surface area contributed by atoms with Crippen LogP contribution in [0.4, 0.5) is 0 Å². The summed E-state index contributed by atoms with van der Waals surface area (Å²) in [6, 6.07) is 18.2. The van der Waals surface area contributed by atoms with Crippen LogP contribution in [0.1, 0.15) is 17.7 Å². The van der Waals surface area contributed by atoms with Gasteiger partial charge in [-0.25, -0.2) is 8.42 Å². The molecule has 3 aliphatic rings. The summed E-state index contributed by atoms with van der Waals surface area (Å²) in [6.07, 6.45) is 4.65. The van der Waals surface area contributed by atoms with Crippen LogP contribution in [0.3, 0.4) is 0 Å². The maximum atomic E-state index is 12.0. The van der Waals surface area contributed by atoms with Crippen LogP contribution in [0, 0.1) is 0 Å². The lowest BCUT2D eigenvalue weighted by Gasteiger charge is -2.26. The lowest BCUT2D eigenvalue weighted by atomic mass is 10.1. The number of rotatable bonds is 5. The van der Waals surface area contributed by atoms with E-state index in [0.717, 1.165) is 46.6 Å². The summed E-state index contributed by atoms with van der Waals surface area (Å²) in [4.78, 5) is 11.3. The van der Waals surface area contributed by atoms with Crippen molar-refractivity contribution in [3.8, 4) is 11.5 Å². The zero-order valence-corrected chi connectivity index (χ0v) is 18.3. The van der Waals surface area contributed by atoms with Crippen molar-refractivity contribution in [2.75, 3.05) is 18.8 Å². The second-order valence-corrected chi connectivity index (χ2v) is 11.1. The lowest BCUT2D eigenvalue weighted by molar-refractivity contribution is 0.254. The molecule has 0 amide bonds. The van der Waals surface area contributed by atoms with E-state index in [9.17, 15) is 8.42 Å². The fourth-order valence-electron chi connectivity index (χ4n) is 4.88. The number of ether oxygens (including phenoxy) is 1. The Bertz CT molecular complexity index is 1360. The van der Waals surface area contributed by atoms with Gasteiger partial charge < -0.3 is 4.74 Å². The number of allylic oxidation sites excluding steroid dienone is 1. The Morgan fingerprint density at radius 3 is 2.59 bits per heavy atom. The Hall–Kier alpha value is -3.03. The lowest BCUT2D eigenvalue weighted by Crippen LogP contribution is -2.40. The van der Waals surface area contributed by atoms with Gasteiger partial charge in [0.2, 0.25) is 0 Å². The number of hydrogen-bond donors (Lipinski definition) is 0. The van der Waals surface area contributed by atoms with Gasteiger partial charge in [0.15, 0.2) is 9.84 Å². The molecule has 2 atom stereocenters. The normalized spacial score (nSPS) is 23.7. The molecule has 162 valence electrons. The second kappa shape index (κ2) is 7.53. The van der Waals surface area contributed by atoms with Gasteiger partial charge in [-0.05, 0) is 60.0 Å². The third-order valence-electron chi connectivity index (χ3n) is 6.61. The minimum Gasteiger partial charge on any atom is -0.457 e. The average molecular weight is 446 g/mol. The van der Waals surface area contributed by atoms with Crippen molar-refractivity contribution >= 4 is 32.5 Å². The van der Waals surface area contributed by atoms with Crippen LogP contribution < -0.4 is 4.74 Å². The average Bonchev–Trinajstić information content (AvgIpc) is 3.51. The highest BCUT2D eigenvalue weighted by molar-refractivity contribution is 7.92. The molecule has 6 rings (SSSR count). The minimum absolute atomic E-state index is 0.141. The number of nitrogens with zero attached hydrogens (tertiary/aromatic N) is 3. The molecule has 32 heavy (non-hydrogen) atoms. The molecule has 2 unspecified atom stereocenters. The monoisotopic (exact) mass is 445 g/mol. The first-order valence-corrected chi connectivity index (χ1v) is 12.6. The van der Waals surface area contributed by atoms with E-state index in [1.807, 2.05) is 48.7 Å². The number of aliphatic imine (C=N–C) groups is 1. The largest absolute Gasteiger partial charge is 0.457 e. The molecular formula is C25H23N3O3S. The van der Waals surface area contributed by atoms with Gasteiger partial charge in [0, 0.05) is 30.7 Å². The highest BCUT2D eigenvalue weighted by Gasteiger charge is 2.48. The van der Waals surface area contributed by atoms with E-state index in [-0.39, 0.29) is 17.0 Å². The van der Waals surface area contributed by atoms with Gasteiger partial charge >= 0.3 is 0 Å². The maximum absolute atomic E-state index is 12.0. The summed E-state index contributed by atoms with van der Waals surface area (Å²) in [6.45, 7) is 2.05. The van der Waals surface area contributed by atoms with Gasteiger partial charge in [-0.3, -0.25) is 14.9 Å². The van der Waals surface area contributed by atoms with E-state index in [1.54, 1.807) is 0 Å². The predicted molar refractivity (Wildman–Crippen MR) is 126 cm³/mol. The molecule has 2 aromatic carbocycles. The van der Waals surface area contributed by atoms with Crippen LogP contribution in [0.15, 0.2) is 65.7 Å². The van der Waals surface area contributed by atoms with Crippen LogP contribution >= 0.6 is 0 Å². The van der Waals surface area contributed by atoms with E-state index >= 15 is 0 Å². The van der Waals surface area contributed by atoms with Crippen molar-refractivity contribution in [1.82, 2.24) is 9.88 Å². The van der Waals surface area contributed by atoms with Crippen LogP contribution in [-0.4, -0.2) is 54.7 Å². The third kappa shape index (κ3) is 3.61. The first-order chi connectivity index (χ1) is 15.5. The fourth-order valence-corrected chi connectivity index (χ4v) is 6.97. The zero-order valence-electron chi connectivity index (χ0n) is 17.5. The van der Waals surface area contributed by atoms with E-state index in [4.69, 9.17) is 9.72 Å². The van der Waals surface area contributed by atoms with Crippen molar-refractivity contribution in [3.05, 3.63) is 71.9 Å². The van der Waals surface area contributed by atoms with Crippen molar-refractivity contribution < 1.29 is 13.2 Å². The SMILES string of the molecule is O=S1(=O)CC2CC1CN2Cc1ccc2cc(Oc3ccc(C4=CC=NC4)cc3)ccc2n1. The van der Waals surface area contributed by atoms with Crippen LogP contribution in [-0.2, 0) is 16.4 Å². The Kier molecular flexibility index (Phi) is 4.62. The van der Waals surface area contributed by atoms with Gasteiger partial charge in [0.05, 0.1) is 28.8 Å². The Balaban J connectivity index is 1.15. The maximum Gasteiger partial charge on any atom is 0.156 e. The van der Waals surface area contributed by atoms with Gasteiger partial charge in [0.25, 0.3) is 0 Å². The summed E-state index contributed by atoms with van der Waals surface area (Å²) >= 11 is 0. The van der Waals surface area contributed by atoms with Crippen LogP contribution in [0.5, 0.6) is 11.5 Å². The molecule has 0 radical (unpaired) electrons. The highest BCUT2D eigenvalue weighted by Crippen LogP contribution is 2.34. The van der Waals surface area contributed by atoms with Crippen molar-refractivity contribution in [2.24, 2.45) is 4.99 Å². The molecule has 7 heteroatoms. The second-order valence-electron chi connectivity index (χ2n) is 8.74. The predicted octanol–water partition coefficient (Wildman–Crippen LogP) is 3.87. The summed E-state index contributed by atoms with van der Waals surface area (Å²) in [5, 5.41) is 0.826. The molecule has 6 nitrogen and oxygen atoms in total. The number of fused-ring (bicyclic) bond motifs is 3. The molecule has 0 spiro atoms. The molecule has 2 bridgehead atoms. The van der Waals surface area contributed by atoms with Gasteiger partial charge in [0.1, 0.15) is 11.5 Å². The molecule has 3 aliphatic heterocycles. The first-order valence-electron chi connectivity index (χ1n) is 10.9. The van der Waals surface area contributed by atoms with E-state index in [2.05, 4.69) is 28.1 Å². The molecule has 2 saturated heterocycles. The fraction of sp³-hybridized carbons (Fsp3) is 0.280. The van der Waals surface area contributed by atoms with Crippen molar-refractivity contribution in [2.45, 2.75) is 24.3 Å². The standard InChI is InChI=1S/C25H23N3O3S/c29-32(30)16-21-12-24(32)15-28(21)14-20-4-1-18-11-23(7-8-25(18)27-20)31-22-5-2-17(3-6-22)19-9-10-26-13-19/h1-11,21,24H,12-16H2. The number of benzene rings is 2. The molecule has 0 saturated carbocycles. The Labute approximate surface area is 187 Å². The molecule has 1 aromatic heterocycles. The number of hydrogen-bond acceptors (Lipinski definition) is 6. The van der Waals surface area contributed by atoms with E-state index < -0.39 is 9.84 Å².